The van der Waals surface area contributed by atoms with Crippen molar-refractivity contribution in [3.63, 3.8) is 0 Å². The molecule has 2 rings (SSSR count). The monoisotopic (exact) mass is 294 g/mol. The Morgan fingerprint density at radius 1 is 1.57 bits per heavy atom. The van der Waals surface area contributed by atoms with Gasteiger partial charge in [-0.15, -0.1) is 0 Å². The zero-order valence-corrected chi connectivity index (χ0v) is 13.0. The Hall–Kier alpha value is -1.40. The zero-order valence-electron chi connectivity index (χ0n) is 13.0. The summed E-state index contributed by atoms with van der Waals surface area (Å²) in [6.07, 6.45) is 7.51. The van der Waals surface area contributed by atoms with Crippen molar-refractivity contribution in [2.24, 2.45) is 0 Å². The Kier molecular flexibility index (Phi) is 5.36. The lowest BCUT2D eigenvalue weighted by Crippen LogP contribution is -2.54. The van der Waals surface area contributed by atoms with Crippen LogP contribution in [-0.4, -0.2) is 70.3 Å². The first-order valence-electron chi connectivity index (χ1n) is 7.61. The fraction of sp³-hybridized carbons (Fsp3) is 0.733. The fourth-order valence-electron chi connectivity index (χ4n) is 3.06. The number of piperidine rings is 1. The highest BCUT2D eigenvalue weighted by molar-refractivity contribution is 5.76. The van der Waals surface area contributed by atoms with Crippen molar-refractivity contribution < 1.29 is 9.90 Å². The van der Waals surface area contributed by atoms with Crippen LogP contribution in [0.2, 0.25) is 0 Å². The van der Waals surface area contributed by atoms with E-state index >= 15 is 0 Å². The SMILES string of the molecule is CN(C)C[C@]1(O)CCCN(C(=O)CCCc2cn[nH]c2)C1. The van der Waals surface area contributed by atoms with Crippen molar-refractivity contribution in [2.75, 3.05) is 33.7 Å². The lowest BCUT2D eigenvalue weighted by Gasteiger charge is -2.40. The number of likely N-dealkylation sites (N-methyl/N-ethyl adjacent to an activating group) is 1. The van der Waals surface area contributed by atoms with Gasteiger partial charge in [-0.3, -0.25) is 9.89 Å². The molecule has 118 valence electrons. The molecule has 0 spiro atoms. The molecular formula is C15H26N4O2. The minimum Gasteiger partial charge on any atom is -0.387 e. The number of aliphatic hydroxyl groups is 1. The normalized spacial score (nSPS) is 22.8. The number of hydrogen-bond donors (Lipinski definition) is 2. The van der Waals surface area contributed by atoms with Crippen molar-refractivity contribution >= 4 is 5.91 Å². The highest BCUT2D eigenvalue weighted by Gasteiger charge is 2.35. The van der Waals surface area contributed by atoms with E-state index in [1.54, 1.807) is 6.20 Å². The lowest BCUT2D eigenvalue weighted by atomic mass is 9.92. The summed E-state index contributed by atoms with van der Waals surface area (Å²) in [5.41, 5.74) is 0.368. The van der Waals surface area contributed by atoms with Crippen LogP contribution < -0.4 is 0 Å². The minimum absolute atomic E-state index is 0.148. The van der Waals surface area contributed by atoms with E-state index in [0.29, 0.717) is 19.5 Å². The Labute approximate surface area is 126 Å². The summed E-state index contributed by atoms with van der Waals surface area (Å²) in [4.78, 5) is 16.1. The summed E-state index contributed by atoms with van der Waals surface area (Å²) in [6.45, 7) is 1.82. The van der Waals surface area contributed by atoms with Crippen LogP contribution in [0.5, 0.6) is 0 Å². The summed E-state index contributed by atoms with van der Waals surface area (Å²) < 4.78 is 0. The quantitative estimate of drug-likeness (QED) is 0.808. The van der Waals surface area contributed by atoms with Gasteiger partial charge in [0.25, 0.3) is 0 Å². The van der Waals surface area contributed by atoms with Gasteiger partial charge in [-0.1, -0.05) is 0 Å². The van der Waals surface area contributed by atoms with Gasteiger partial charge in [0, 0.05) is 25.7 Å². The smallest absolute Gasteiger partial charge is 0.222 e. The van der Waals surface area contributed by atoms with Crippen molar-refractivity contribution in [1.29, 1.82) is 0 Å². The van der Waals surface area contributed by atoms with Crippen molar-refractivity contribution in [2.45, 2.75) is 37.7 Å². The van der Waals surface area contributed by atoms with E-state index in [9.17, 15) is 9.90 Å². The van der Waals surface area contributed by atoms with Gasteiger partial charge >= 0.3 is 0 Å². The number of carbonyl (C=O) groups excluding carboxylic acids is 1. The Morgan fingerprint density at radius 2 is 2.38 bits per heavy atom. The van der Waals surface area contributed by atoms with E-state index in [2.05, 4.69) is 10.2 Å². The van der Waals surface area contributed by atoms with E-state index in [1.807, 2.05) is 30.1 Å². The first-order valence-corrected chi connectivity index (χ1v) is 7.61. The number of nitrogens with zero attached hydrogens (tertiary/aromatic N) is 3. The van der Waals surface area contributed by atoms with Crippen molar-refractivity contribution in [1.82, 2.24) is 20.0 Å². The minimum atomic E-state index is -0.762. The molecule has 0 saturated carbocycles. The van der Waals surface area contributed by atoms with Crippen LogP contribution >= 0.6 is 0 Å². The third kappa shape index (κ3) is 4.82. The number of β-amino-alcohol motifs (C(OH)–C–C–N with tert-alkyl or cyclic N) is 1. The number of amides is 1. The van der Waals surface area contributed by atoms with Gasteiger partial charge < -0.3 is 14.9 Å². The van der Waals surface area contributed by atoms with E-state index in [0.717, 1.165) is 37.8 Å². The predicted octanol–water partition coefficient (Wildman–Crippen LogP) is 0.647. The summed E-state index contributed by atoms with van der Waals surface area (Å²) in [6, 6.07) is 0. The van der Waals surface area contributed by atoms with Gasteiger partial charge in [0.05, 0.1) is 18.3 Å². The summed E-state index contributed by atoms with van der Waals surface area (Å²) >= 11 is 0. The van der Waals surface area contributed by atoms with E-state index < -0.39 is 5.60 Å². The van der Waals surface area contributed by atoms with Gasteiger partial charge in [0.1, 0.15) is 0 Å². The molecule has 2 N–H and O–H groups in total. The Morgan fingerprint density at radius 3 is 3.05 bits per heavy atom. The molecule has 0 aliphatic carbocycles. The molecule has 0 bridgehead atoms. The number of hydrogen-bond acceptors (Lipinski definition) is 4. The molecule has 0 unspecified atom stereocenters. The van der Waals surface area contributed by atoms with E-state index in [1.165, 1.54) is 0 Å². The summed E-state index contributed by atoms with van der Waals surface area (Å²) in [7, 11) is 3.90. The largest absolute Gasteiger partial charge is 0.387 e. The number of carbonyl (C=O) groups is 1. The average Bonchev–Trinajstić information content (AvgIpc) is 2.90. The second-order valence-corrected chi connectivity index (χ2v) is 6.34. The van der Waals surface area contributed by atoms with Gasteiger partial charge in [0.2, 0.25) is 5.91 Å². The first-order chi connectivity index (χ1) is 9.98. The highest BCUT2D eigenvalue weighted by atomic mass is 16.3. The fourth-order valence-corrected chi connectivity index (χ4v) is 3.06. The second-order valence-electron chi connectivity index (χ2n) is 6.34. The Balaban J connectivity index is 1.78. The summed E-state index contributed by atoms with van der Waals surface area (Å²) in [5, 5.41) is 17.3. The maximum atomic E-state index is 12.3. The van der Waals surface area contributed by atoms with Crippen molar-refractivity contribution in [3.8, 4) is 0 Å². The molecule has 1 aromatic heterocycles. The molecule has 6 heteroatoms. The van der Waals surface area contributed by atoms with Crippen LogP contribution in [0, 0.1) is 0 Å². The number of H-pyrrole nitrogens is 1. The number of nitrogens with one attached hydrogen (secondary N) is 1. The molecule has 1 aliphatic rings. The van der Waals surface area contributed by atoms with E-state index in [-0.39, 0.29) is 5.91 Å². The number of aromatic nitrogens is 2. The van der Waals surface area contributed by atoms with Crippen LogP contribution in [-0.2, 0) is 11.2 Å². The average molecular weight is 294 g/mol. The van der Waals surface area contributed by atoms with Crippen LogP contribution in [0.3, 0.4) is 0 Å². The number of aromatic amines is 1. The second kappa shape index (κ2) is 7.04. The van der Waals surface area contributed by atoms with Gasteiger partial charge in [-0.05, 0) is 45.3 Å². The summed E-state index contributed by atoms with van der Waals surface area (Å²) in [5.74, 6) is 0.148. The van der Waals surface area contributed by atoms with Crippen LogP contribution in [0.4, 0.5) is 0 Å². The highest BCUT2D eigenvalue weighted by Crippen LogP contribution is 2.22. The maximum absolute atomic E-state index is 12.3. The lowest BCUT2D eigenvalue weighted by molar-refractivity contribution is -0.139. The predicted molar refractivity (Wildman–Crippen MR) is 80.8 cm³/mol. The molecule has 1 fully saturated rings. The molecule has 1 aliphatic heterocycles. The number of rotatable bonds is 6. The topological polar surface area (TPSA) is 72.5 Å². The molecule has 2 heterocycles. The van der Waals surface area contributed by atoms with Crippen LogP contribution in [0.25, 0.3) is 0 Å². The standard InChI is InChI=1S/C15H26N4O2/c1-18(2)11-15(21)7-4-8-19(12-15)14(20)6-3-5-13-9-16-17-10-13/h9-10,21H,3-8,11-12H2,1-2H3,(H,16,17)/t15-/m1/s1. The third-order valence-corrected chi connectivity index (χ3v) is 3.93. The van der Waals surface area contributed by atoms with E-state index in [4.69, 9.17) is 0 Å². The molecule has 6 nitrogen and oxygen atoms in total. The van der Waals surface area contributed by atoms with Gasteiger partial charge in [-0.2, -0.15) is 5.10 Å². The maximum Gasteiger partial charge on any atom is 0.222 e. The molecule has 1 amide bonds. The van der Waals surface area contributed by atoms with Gasteiger partial charge in [-0.25, -0.2) is 0 Å². The van der Waals surface area contributed by atoms with Gasteiger partial charge in [0.15, 0.2) is 0 Å². The number of likely N-dealkylation sites (tertiary alicyclic amines) is 1. The third-order valence-electron chi connectivity index (χ3n) is 3.93. The molecule has 1 atom stereocenters. The number of aryl methyl sites for hydroxylation is 1. The van der Waals surface area contributed by atoms with Crippen LogP contribution in [0.1, 0.15) is 31.2 Å². The van der Waals surface area contributed by atoms with Crippen molar-refractivity contribution in [3.05, 3.63) is 18.0 Å². The Bertz CT molecular complexity index is 447. The zero-order chi connectivity index (χ0) is 15.3. The van der Waals surface area contributed by atoms with Crippen LogP contribution in [0.15, 0.2) is 12.4 Å². The molecule has 0 radical (unpaired) electrons. The molecule has 21 heavy (non-hydrogen) atoms. The molecular weight excluding hydrogens is 268 g/mol. The molecule has 0 aromatic carbocycles. The molecule has 1 saturated heterocycles. The first kappa shape index (κ1) is 16.0. The molecule has 1 aromatic rings.